The Morgan fingerprint density at radius 2 is 2.09 bits per heavy atom. The average molecular weight is 291 g/mol. The summed E-state index contributed by atoms with van der Waals surface area (Å²) in [7, 11) is 1.89. The van der Waals surface area contributed by atoms with Gasteiger partial charge in [0.2, 0.25) is 6.19 Å². The van der Waals surface area contributed by atoms with Gasteiger partial charge in [0.25, 0.3) is 0 Å². The van der Waals surface area contributed by atoms with Crippen molar-refractivity contribution >= 4 is 22.6 Å². The molecule has 6 nitrogen and oxygen atoms in total. The summed E-state index contributed by atoms with van der Waals surface area (Å²) in [6.07, 6.45) is 3.51. The van der Waals surface area contributed by atoms with Gasteiger partial charge in [-0.05, 0) is 30.3 Å². The van der Waals surface area contributed by atoms with Crippen molar-refractivity contribution in [2.45, 2.75) is 0 Å². The molecular weight excluding hydrogens is 278 g/mol. The Hall–Kier alpha value is -3.33. The monoisotopic (exact) mass is 291 g/mol. The number of nitrogens with zero attached hydrogens (tertiary/aromatic N) is 4. The fourth-order valence-corrected chi connectivity index (χ4v) is 2.09. The summed E-state index contributed by atoms with van der Waals surface area (Å²) in [4.78, 5) is 3.67. The fourth-order valence-electron chi connectivity index (χ4n) is 2.09. The maximum absolute atomic E-state index is 8.80. The average Bonchev–Trinajstić information content (AvgIpc) is 2.89. The molecule has 0 unspecified atom stereocenters. The molecule has 0 aliphatic carbocycles. The van der Waals surface area contributed by atoms with Gasteiger partial charge in [0.1, 0.15) is 5.75 Å². The zero-order chi connectivity index (χ0) is 15.4. The molecule has 1 heterocycles. The van der Waals surface area contributed by atoms with Crippen LogP contribution in [-0.2, 0) is 7.05 Å². The molecule has 0 amide bonds. The second-order valence-corrected chi connectivity index (χ2v) is 4.60. The van der Waals surface area contributed by atoms with Crippen LogP contribution in [0.3, 0.4) is 0 Å². The number of para-hydroxylation sites is 1. The number of anilines is 1. The number of ether oxygens (including phenoxy) is 1. The molecule has 0 atom stereocenters. The summed E-state index contributed by atoms with van der Waals surface area (Å²) in [6, 6.07) is 15.0. The molecule has 22 heavy (non-hydrogen) atoms. The van der Waals surface area contributed by atoms with Gasteiger partial charge in [-0.15, -0.1) is 4.99 Å². The van der Waals surface area contributed by atoms with Crippen molar-refractivity contribution in [2.24, 2.45) is 12.0 Å². The van der Waals surface area contributed by atoms with Gasteiger partial charge in [0.05, 0.1) is 11.7 Å². The number of rotatable bonds is 2. The third-order valence-corrected chi connectivity index (χ3v) is 3.11. The summed E-state index contributed by atoms with van der Waals surface area (Å²) in [5.74, 6) is 0.603. The molecule has 0 radical (unpaired) electrons. The zero-order valence-corrected chi connectivity index (χ0v) is 11.9. The number of aliphatic imine (C=N–C) groups is 1. The number of nitriles is 1. The highest BCUT2D eigenvalue weighted by Gasteiger charge is 2.06. The first-order valence-electron chi connectivity index (χ1n) is 6.65. The molecule has 0 bridgehead atoms. The van der Waals surface area contributed by atoms with Gasteiger partial charge < -0.3 is 10.1 Å². The van der Waals surface area contributed by atoms with E-state index in [1.165, 1.54) is 0 Å². The fraction of sp³-hybridized carbons (Fsp3) is 0.0625. The van der Waals surface area contributed by atoms with Crippen LogP contribution in [0.15, 0.2) is 59.7 Å². The Morgan fingerprint density at radius 3 is 2.86 bits per heavy atom. The van der Waals surface area contributed by atoms with Crippen LogP contribution in [0.25, 0.3) is 10.9 Å². The summed E-state index contributed by atoms with van der Waals surface area (Å²) in [5.41, 5.74) is 1.79. The van der Waals surface area contributed by atoms with Crippen molar-refractivity contribution in [2.75, 3.05) is 5.32 Å². The largest absolute Gasteiger partial charge is 0.425 e. The molecule has 1 aromatic heterocycles. The maximum Gasteiger partial charge on any atom is 0.310 e. The van der Waals surface area contributed by atoms with Crippen molar-refractivity contribution in [1.82, 2.24) is 9.78 Å². The number of nitrogens with one attached hydrogen (secondary N) is 1. The predicted octanol–water partition coefficient (Wildman–Crippen LogP) is 2.90. The van der Waals surface area contributed by atoms with Gasteiger partial charge in [0, 0.05) is 18.1 Å². The molecule has 2 aromatic carbocycles. The molecule has 0 aliphatic heterocycles. The van der Waals surface area contributed by atoms with E-state index in [0.717, 1.165) is 16.6 Å². The van der Waals surface area contributed by atoms with Crippen LogP contribution in [0.1, 0.15) is 0 Å². The number of benzene rings is 2. The number of aromatic nitrogens is 2. The van der Waals surface area contributed by atoms with Gasteiger partial charge in [0.15, 0.2) is 0 Å². The summed E-state index contributed by atoms with van der Waals surface area (Å²) in [6.45, 7) is 0. The lowest BCUT2D eigenvalue weighted by Crippen LogP contribution is -2.19. The molecule has 3 rings (SSSR count). The minimum atomic E-state index is 0.122. The van der Waals surface area contributed by atoms with Crippen LogP contribution < -0.4 is 10.1 Å². The summed E-state index contributed by atoms with van der Waals surface area (Å²) < 4.78 is 7.37. The Kier molecular flexibility index (Phi) is 3.70. The molecular formula is C16H13N5O. The first kappa shape index (κ1) is 13.6. The SMILES string of the molecule is Cn1ncc2cc(N/C(=N/C#N)Oc3ccccc3)ccc21. The van der Waals surface area contributed by atoms with Gasteiger partial charge in [-0.1, -0.05) is 18.2 Å². The Bertz CT molecular complexity index is 861. The summed E-state index contributed by atoms with van der Waals surface area (Å²) in [5, 5.41) is 17.0. The lowest BCUT2D eigenvalue weighted by molar-refractivity contribution is 0.549. The van der Waals surface area contributed by atoms with Gasteiger partial charge >= 0.3 is 6.02 Å². The van der Waals surface area contributed by atoms with E-state index in [4.69, 9.17) is 10.00 Å². The zero-order valence-electron chi connectivity index (χ0n) is 11.9. The molecule has 0 aliphatic rings. The van der Waals surface area contributed by atoms with Crippen molar-refractivity contribution in [3.05, 3.63) is 54.7 Å². The third kappa shape index (κ3) is 2.88. The number of fused-ring (bicyclic) bond motifs is 1. The molecule has 6 heteroatoms. The number of hydrogen-bond acceptors (Lipinski definition) is 4. The van der Waals surface area contributed by atoms with E-state index < -0.39 is 0 Å². The van der Waals surface area contributed by atoms with E-state index in [2.05, 4.69) is 15.4 Å². The van der Waals surface area contributed by atoms with Crippen LogP contribution in [-0.4, -0.2) is 15.8 Å². The molecule has 0 fully saturated rings. The van der Waals surface area contributed by atoms with E-state index >= 15 is 0 Å². The molecule has 0 saturated heterocycles. The van der Waals surface area contributed by atoms with E-state index in [0.29, 0.717) is 5.75 Å². The van der Waals surface area contributed by atoms with E-state index in [1.807, 2.05) is 43.4 Å². The second-order valence-electron chi connectivity index (χ2n) is 4.60. The van der Waals surface area contributed by atoms with Crippen molar-refractivity contribution in [1.29, 1.82) is 5.26 Å². The van der Waals surface area contributed by atoms with E-state index in [1.54, 1.807) is 29.2 Å². The van der Waals surface area contributed by atoms with Gasteiger partial charge in [-0.25, -0.2) is 0 Å². The lowest BCUT2D eigenvalue weighted by atomic mass is 10.2. The lowest BCUT2D eigenvalue weighted by Gasteiger charge is -2.10. The molecule has 0 spiro atoms. The van der Waals surface area contributed by atoms with E-state index in [9.17, 15) is 0 Å². The highest BCUT2D eigenvalue weighted by Crippen LogP contribution is 2.19. The molecule has 3 aromatic rings. The smallest absolute Gasteiger partial charge is 0.310 e. The minimum Gasteiger partial charge on any atom is -0.425 e. The van der Waals surface area contributed by atoms with Gasteiger partial charge in [-0.2, -0.15) is 10.4 Å². The predicted molar refractivity (Wildman–Crippen MR) is 84.5 cm³/mol. The van der Waals surface area contributed by atoms with Crippen molar-refractivity contribution in [3.63, 3.8) is 0 Å². The van der Waals surface area contributed by atoms with Crippen LogP contribution in [0.2, 0.25) is 0 Å². The standard InChI is InChI=1S/C16H13N5O/c1-21-15-8-7-13(9-12(15)10-19-21)20-16(18-11-17)22-14-5-3-2-4-6-14/h2-10H,1H3,(H,18,20). The topological polar surface area (TPSA) is 75.2 Å². The highest BCUT2D eigenvalue weighted by molar-refractivity contribution is 5.94. The Balaban J connectivity index is 1.83. The normalized spacial score (nSPS) is 11.2. The molecule has 0 saturated carbocycles. The molecule has 108 valence electrons. The van der Waals surface area contributed by atoms with Crippen LogP contribution in [0, 0.1) is 11.5 Å². The molecule has 1 N–H and O–H groups in total. The minimum absolute atomic E-state index is 0.122. The summed E-state index contributed by atoms with van der Waals surface area (Å²) >= 11 is 0. The Labute approximate surface area is 127 Å². The van der Waals surface area contributed by atoms with Crippen LogP contribution in [0.4, 0.5) is 5.69 Å². The number of amidine groups is 1. The first-order valence-corrected chi connectivity index (χ1v) is 6.65. The third-order valence-electron chi connectivity index (χ3n) is 3.11. The Morgan fingerprint density at radius 1 is 1.27 bits per heavy atom. The van der Waals surface area contributed by atoms with Crippen molar-refractivity contribution < 1.29 is 4.74 Å². The number of hydrogen-bond donors (Lipinski definition) is 1. The second kappa shape index (κ2) is 5.97. The highest BCUT2D eigenvalue weighted by atomic mass is 16.5. The quantitative estimate of drug-likeness (QED) is 0.447. The maximum atomic E-state index is 8.80. The van der Waals surface area contributed by atoms with Crippen molar-refractivity contribution in [3.8, 4) is 11.9 Å². The first-order chi connectivity index (χ1) is 10.8. The van der Waals surface area contributed by atoms with Gasteiger partial charge in [-0.3, -0.25) is 4.68 Å². The number of aryl methyl sites for hydroxylation is 1. The van der Waals surface area contributed by atoms with Crippen LogP contribution >= 0.6 is 0 Å². The van der Waals surface area contributed by atoms with Crippen LogP contribution in [0.5, 0.6) is 5.75 Å². The van der Waals surface area contributed by atoms with E-state index in [-0.39, 0.29) is 6.02 Å².